The van der Waals surface area contributed by atoms with Gasteiger partial charge in [0.1, 0.15) is 16.7 Å². The third-order valence-corrected chi connectivity index (χ3v) is 9.91. The van der Waals surface area contributed by atoms with Crippen molar-refractivity contribution in [3.63, 3.8) is 0 Å². The van der Waals surface area contributed by atoms with Crippen LogP contribution in [0.4, 0.5) is 17.1 Å². The zero-order chi connectivity index (χ0) is 35.1. The first kappa shape index (κ1) is 30.6. The van der Waals surface area contributed by atoms with Crippen LogP contribution in [0.2, 0.25) is 0 Å². The molecule has 0 bridgehead atoms. The highest BCUT2D eigenvalue weighted by atomic mass is 16.4. The Labute approximate surface area is 306 Å². The number of hydrogen-bond donors (Lipinski definition) is 0. The Bertz CT molecular complexity index is 2860. The van der Waals surface area contributed by atoms with E-state index >= 15 is 0 Å². The number of rotatable bonds is 7. The van der Waals surface area contributed by atoms with E-state index in [1.165, 1.54) is 22.3 Å². The minimum absolute atomic E-state index is 0.599. The van der Waals surface area contributed by atoms with Crippen LogP contribution in [0.5, 0.6) is 0 Å². The fourth-order valence-electron chi connectivity index (χ4n) is 7.32. The summed E-state index contributed by atoms with van der Waals surface area (Å²) < 4.78 is 12.7. The molecule has 10 rings (SSSR count). The SMILES string of the molecule is c1ccc(-c2ccc(N(c3ccc(-c4cccc5oc6cc7nc(-c8ccccc8)oc7cc6c45)cc3)c3cccc(-c4ccccc4)c3)cc2)cc1. The average molecular weight is 681 g/mol. The van der Waals surface area contributed by atoms with Gasteiger partial charge in [0.2, 0.25) is 5.89 Å². The van der Waals surface area contributed by atoms with E-state index in [9.17, 15) is 0 Å². The Morgan fingerprint density at radius 2 is 0.925 bits per heavy atom. The Morgan fingerprint density at radius 1 is 0.358 bits per heavy atom. The van der Waals surface area contributed by atoms with E-state index in [-0.39, 0.29) is 0 Å². The Morgan fingerprint density at radius 3 is 1.60 bits per heavy atom. The van der Waals surface area contributed by atoms with Crippen LogP contribution >= 0.6 is 0 Å². The highest BCUT2D eigenvalue weighted by molar-refractivity contribution is 6.15. The van der Waals surface area contributed by atoms with Gasteiger partial charge in [0.05, 0.1) is 0 Å². The molecule has 0 fully saturated rings. The molecule has 0 atom stereocenters. The highest BCUT2D eigenvalue weighted by Gasteiger charge is 2.18. The van der Waals surface area contributed by atoms with Crippen molar-refractivity contribution >= 4 is 50.1 Å². The molecule has 2 aromatic heterocycles. The van der Waals surface area contributed by atoms with Crippen molar-refractivity contribution in [3.05, 3.63) is 194 Å². The molecule has 4 heteroatoms. The standard InChI is InChI=1S/C49H32N2O2/c1-4-12-33(13-5-1)35-22-26-39(27-23-35)51(41-19-10-18-38(30-41)34-14-6-2-7-15-34)40-28-24-36(25-29-40)42-20-11-21-45-48(42)43-31-47-44(32-46(43)52-45)50-49(53-47)37-16-8-3-9-17-37/h1-32H. The van der Waals surface area contributed by atoms with E-state index in [0.717, 1.165) is 66.8 Å². The van der Waals surface area contributed by atoms with Crippen LogP contribution < -0.4 is 4.90 Å². The molecular weight excluding hydrogens is 649 g/mol. The summed E-state index contributed by atoms with van der Waals surface area (Å²) in [5.74, 6) is 0.599. The van der Waals surface area contributed by atoms with Crippen LogP contribution in [-0.2, 0) is 0 Å². The molecule has 0 radical (unpaired) electrons. The van der Waals surface area contributed by atoms with Gasteiger partial charge in [-0.05, 0) is 94.0 Å². The van der Waals surface area contributed by atoms with E-state index in [1.54, 1.807) is 0 Å². The van der Waals surface area contributed by atoms with Crippen molar-refractivity contribution < 1.29 is 8.83 Å². The fourth-order valence-corrected chi connectivity index (χ4v) is 7.32. The second kappa shape index (κ2) is 12.9. The van der Waals surface area contributed by atoms with Gasteiger partial charge in [-0.25, -0.2) is 4.98 Å². The number of nitrogens with zero attached hydrogens (tertiary/aromatic N) is 2. The minimum Gasteiger partial charge on any atom is -0.456 e. The normalized spacial score (nSPS) is 11.4. The lowest BCUT2D eigenvalue weighted by Gasteiger charge is -2.26. The summed E-state index contributed by atoms with van der Waals surface area (Å²) in [6, 6.07) is 67.7. The summed E-state index contributed by atoms with van der Waals surface area (Å²) in [5, 5.41) is 2.06. The monoisotopic (exact) mass is 680 g/mol. The number of furan rings is 1. The van der Waals surface area contributed by atoms with Crippen molar-refractivity contribution in [2.24, 2.45) is 0 Å². The first-order chi connectivity index (χ1) is 26.2. The molecule has 250 valence electrons. The second-order valence-electron chi connectivity index (χ2n) is 13.2. The predicted octanol–water partition coefficient (Wildman–Crippen LogP) is 13.9. The smallest absolute Gasteiger partial charge is 0.227 e. The number of aromatic nitrogens is 1. The number of benzene rings is 8. The van der Waals surface area contributed by atoms with E-state index in [0.29, 0.717) is 5.89 Å². The van der Waals surface area contributed by atoms with Gasteiger partial charge in [0.25, 0.3) is 0 Å². The molecule has 0 saturated heterocycles. The number of anilines is 3. The minimum atomic E-state index is 0.599. The maximum atomic E-state index is 6.41. The third kappa shape index (κ3) is 5.63. The summed E-state index contributed by atoms with van der Waals surface area (Å²) in [4.78, 5) is 7.09. The Hall–Kier alpha value is -7.17. The van der Waals surface area contributed by atoms with E-state index in [4.69, 9.17) is 13.8 Å². The summed E-state index contributed by atoms with van der Waals surface area (Å²) in [6.07, 6.45) is 0. The van der Waals surface area contributed by atoms with Crippen LogP contribution in [0.25, 0.3) is 77.9 Å². The predicted molar refractivity (Wildman–Crippen MR) is 218 cm³/mol. The van der Waals surface area contributed by atoms with Crippen molar-refractivity contribution in [2.75, 3.05) is 4.90 Å². The van der Waals surface area contributed by atoms with Crippen LogP contribution in [0.1, 0.15) is 0 Å². The van der Waals surface area contributed by atoms with Gasteiger partial charge < -0.3 is 13.7 Å². The van der Waals surface area contributed by atoms with Gasteiger partial charge >= 0.3 is 0 Å². The molecule has 0 aliphatic heterocycles. The molecule has 10 aromatic rings. The maximum Gasteiger partial charge on any atom is 0.227 e. The molecule has 8 aromatic carbocycles. The van der Waals surface area contributed by atoms with Crippen LogP contribution in [0.15, 0.2) is 203 Å². The molecule has 0 spiro atoms. The molecule has 2 heterocycles. The quantitative estimate of drug-likeness (QED) is 0.168. The van der Waals surface area contributed by atoms with Gasteiger partial charge in [-0.2, -0.15) is 0 Å². The summed E-state index contributed by atoms with van der Waals surface area (Å²) >= 11 is 0. The van der Waals surface area contributed by atoms with E-state index < -0.39 is 0 Å². The van der Waals surface area contributed by atoms with Crippen molar-refractivity contribution in [3.8, 4) is 44.8 Å². The lowest BCUT2D eigenvalue weighted by molar-refractivity contribution is 0.620. The van der Waals surface area contributed by atoms with Gasteiger partial charge in [-0.3, -0.25) is 0 Å². The molecule has 0 saturated carbocycles. The molecule has 0 aliphatic carbocycles. The molecule has 4 nitrogen and oxygen atoms in total. The largest absolute Gasteiger partial charge is 0.456 e. The Kier molecular flexibility index (Phi) is 7.43. The van der Waals surface area contributed by atoms with E-state index in [2.05, 4.69) is 157 Å². The van der Waals surface area contributed by atoms with E-state index in [1.807, 2.05) is 42.5 Å². The number of oxazole rings is 1. The zero-order valence-electron chi connectivity index (χ0n) is 28.7. The molecule has 0 unspecified atom stereocenters. The van der Waals surface area contributed by atoms with Crippen LogP contribution in [-0.4, -0.2) is 4.98 Å². The van der Waals surface area contributed by atoms with Gasteiger partial charge in [-0.15, -0.1) is 0 Å². The topological polar surface area (TPSA) is 42.4 Å². The number of fused-ring (bicyclic) bond motifs is 4. The molecule has 0 N–H and O–H groups in total. The molecule has 0 aliphatic rings. The average Bonchev–Trinajstić information content (AvgIpc) is 3.82. The van der Waals surface area contributed by atoms with Gasteiger partial charge in [0, 0.05) is 39.5 Å². The zero-order valence-corrected chi connectivity index (χ0v) is 28.7. The lowest BCUT2D eigenvalue weighted by atomic mass is 9.98. The summed E-state index contributed by atoms with van der Waals surface area (Å²) in [5.41, 5.74) is 14.2. The molecule has 0 amide bonds. The van der Waals surface area contributed by atoms with Crippen LogP contribution in [0, 0.1) is 0 Å². The van der Waals surface area contributed by atoms with Gasteiger partial charge in [0.15, 0.2) is 5.58 Å². The Balaban J connectivity index is 1.06. The van der Waals surface area contributed by atoms with Gasteiger partial charge in [-0.1, -0.05) is 127 Å². The summed E-state index contributed by atoms with van der Waals surface area (Å²) in [7, 11) is 0. The third-order valence-electron chi connectivity index (χ3n) is 9.91. The number of hydrogen-bond acceptors (Lipinski definition) is 4. The first-order valence-electron chi connectivity index (χ1n) is 17.8. The van der Waals surface area contributed by atoms with Crippen molar-refractivity contribution in [1.29, 1.82) is 0 Å². The second-order valence-corrected chi connectivity index (χ2v) is 13.2. The lowest BCUT2D eigenvalue weighted by Crippen LogP contribution is -2.10. The van der Waals surface area contributed by atoms with Crippen molar-refractivity contribution in [1.82, 2.24) is 4.98 Å². The highest BCUT2D eigenvalue weighted by Crippen LogP contribution is 2.42. The maximum absolute atomic E-state index is 6.41. The van der Waals surface area contributed by atoms with Crippen molar-refractivity contribution in [2.45, 2.75) is 0 Å². The summed E-state index contributed by atoms with van der Waals surface area (Å²) in [6.45, 7) is 0. The first-order valence-corrected chi connectivity index (χ1v) is 17.8. The molecule has 53 heavy (non-hydrogen) atoms. The fraction of sp³-hybridized carbons (Fsp3) is 0. The van der Waals surface area contributed by atoms with Crippen LogP contribution in [0.3, 0.4) is 0 Å². The molecular formula is C49H32N2O2.